The van der Waals surface area contributed by atoms with Gasteiger partial charge in [0.1, 0.15) is 55.4 Å². The largest absolute Gasteiger partial charge is 0.462 e. The Bertz CT molecular complexity index is 1270. The maximum atomic E-state index is 13.0. The lowest BCUT2D eigenvalue weighted by Crippen LogP contribution is -2.61. The monoisotopic (exact) mass is 1000 g/mol. The summed E-state index contributed by atoms with van der Waals surface area (Å²) in [4.78, 5) is 25.8. The minimum absolute atomic E-state index is 0.165. The predicted octanol–water partition coefficient (Wildman–Crippen LogP) is 8.94. The predicted molar refractivity (Wildman–Crippen MR) is 271 cm³/mol. The van der Waals surface area contributed by atoms with Crippen molar-refractivity contribution >= 4 is 11.9 Å². The highest BCUT2D eigenvalue weighted by Gasteiger charge is 2.47. The minimum atomic E-state index is -1.76. The van der Waals surface area contributed by atoms with Crippen molar-refractivity contribution in [2.75, 3.05) is 26.4 Å². The van der Waals surface area contributed by atoms with Gasteiger partial charge in [-0.15, -0.1) is 0 Å². The summed E-state index contributed by atoms with van der Waals surface area (Å²) in [6.07, 6.45) is 26.9. The third kappa shape index (κ3) is 29.8. The van der Waals surface area contributed by atoms with Crippen LogP contribution in [-0.2, 0) is 38.0 Å². The van der Waals surface area contributed by atoms with E-state index in [0.29, 0.717) is 12.8 Å². The van der Waals surface area contributed by atoms with Crippen molar-refractivity contribution in [1.82, 2.24) is 0 Å². The van der Waals surface area contributed by atoms with E-state index in [2.05, 4.69) is 26.0 Å². The zero-order valence-corrected chi connectivity index (χ0v) is 43.8. The van der Waals surface area contributed by atoms with Crippen LogP contribution in [0.5, 0.6) is 0 Å². The minimum Gasteiger partial charge on any atom is -0.462 e. The van der Waals surface area contributed by atoms with Crippen molar-refractivity contribution in [1.29, 1.82) is 0 Å². The third-order valence-electron chi connectivity index (χ3n) is 13.7. The van der Waals surface area contributed by atoms with Crippen LogP contribution in [0.3, 0.4) is 0 Å². The summed E-state index contributed by atoms with van der Waals surface area (Å²) in [5.41, 5.74) is 0. The van der Waals surface area contributed by atoms with Crippen LogP contribution in [0.2, 0.25) is 0 Å². The van der Waals surface area contributed by atoms with Crippen LogP contribution in [-0.4, -0.2) is 142 Å². The zero-order chi connectivity index (χ0) is 51.0. The maximum Gasteiger partial charge on any atom is 0.306 e. The molecule has 0 radical (unpaired) electrons. The number of aliphatic hydroxyl groups is 7. The lowest BCUT2D eigenvalue weighted by molar-refractivity contribution is -0.332. The van der Waals surface area contributed by atoms with Crippen LogP contribution in [0.25, 0.3) is 0 Å². The summed E-state index contributed by atoms with van der Waals surface area (Å²) in [6.45, 7) is 2.59. The highest BCUT2D eigenvalue weighted by Crippen LogP contribution is 2.27. The molecule has 0 bridgehead atoms. The van der Waals surface area contributed by atoms with Crippen molar-refractivity contribution in [3.63, 3.8) is 0 Å². The number of carbonyl (C=O) groups excluding carboxylic acids is 2. The van der Waals surface area contributed by atoms with Gasteiger partial charge in [0.2, 0.25) is 0 Å². The van der Waals surface area contributed by atoms with Crippen molar-refractivity contribution in [2.45, 2.75) is 300 Å². The van der Waals surface area contributed by atoms with E-state index in [1.165, 1.54) is 154 Å². The molecule has 7 N–H and O–H groups in total. The van der Waals surface area contributed by atoms with E-state index in [9.17, 15) is 45.3 Å². The molecule has 0 aromatic rings. The average Bonchev–Trinajstić information content (AvgIpc) is 3.35. The first-order valence-corrected chi connectivity index (χ1v) is 28.3. The van der Waals surface area contributed by atoms with Gasteiger partial charge in [0.05, 0.1) is 19.8 Å². The van der Waals surface area contributed by atoms with Gasteiger partial charge < -0.3 is 64.2 Å². The summed E-state index contributed by atoms with van der Waals surface area (Å²) in [5, 5.41) is 72.1. The van der Waals surface area contributed by atoms with Crippen LogP contribution in [0.1, 0.15) is 232 Å². The van der Waals surface area contributed by atoms with Crippen molar-refractivity contribution in [3.8, 4) is 0 Å². The second-order valence-electron chi connectivity index (χ2n) is 20.1. The molecule has 2 saturated heterocycles. The number of hydrogen-bond acceptors (Lipinski definition) is 15. The van der Waals surface area contributed by atoms with Gasteiger partial charge >= 0.3 is 11.9 Å². The highest BCUT2D eigenvalue weighted by atomic mass is 16.7. The molecule has 11 atom stereocenters. The molecule has 2 aliphatic heterocycles. The summed E-state index contributed by atoms with van der Waals surface area (Å²) in [7, 11) is 0. The van der Waals surface area contributed by atoms with Crippen molar-refractivity contribution < 1.29 is 73.8 Å². The highest BCUT2D eigenvalue weighted by molar-refractivity contribution is 5.70. The molecule has 15 nitrogen and oxygen atoms in total. The van der Waals surface area contributed by atoms with Gasteiger partial charge in [-0.3, -0.25) is 9.59 Å². The summed E-state index contributed by atoms with van der Waals surface area (Å²) < 4.78 is 33.6. The van der Waals surface area contributed by atoms with Gasteiger partial charge in [-0.2, -0.15) is 0 Å². The number of aliphatic hydroxyl groups excluding tert-OH is 7. The van der Waals surface area contributed by atoms with E-state index in [1.54, 1.807) is 0 Å². The number of ether oxygens (including phenoxy) is 6. The van der Waals surface area contributed by atoms with Crippen molar-refractivity contribution in [2.24, 2.45) is 0 Å². The van der Waals surface area contributed by atoms with Gasteiger partial charge in [0, 0.05) is 12.8 Å². The molecule has 2 aliphatic rings. The Morgan fingerprint density at radius 3 is 1.30 bits per heavy atom. The molecule has 0 aromatic heterocycles. The zero-order valence-electron chi connectivity index (χ0n) is 43.8. The number of esters is 2. The van der Waals surface area contributed by atoms with Gasteiger partial charge in [-0.1, -0.05) is 199 Å². The fourth-order valence-electron chi connectivity index (χ4n) is 9.11. The summed E-state index contributed by atoms with van der Waals surface area (Å²) in [5.74, 6) is -0.951. The molecule has 2 rings (SSSR count). The number of allylic oxidation sites excluding steroid dienone is 2. The summed E-state index contributed by atoms with van der Waals surface area (Å²) >= 11 is 0. The van der Waals surface area contributed by atoms with E-state index in [-0.39, 0.29) is 26.1 Å². The van der Waals surface area contributed by atoms with Crippen LogP contribution >= 0.6 is 0 Å². The molecule has 412 valence electrons. The lowest BCUT2D eigenvalue weighted by Gasteiger charge is -2.42. The van der Waals surface area contributed by atoms with Gasteiger partial charge in [0.25, 0.3) is 0 Å². The topological polar surface area (TPSA) is 231 Å². The third-order valence-corrected chi connectivity index (χ3v) is 13.7. The molecule has 0 aliphatic carbocycles. The van der Waals surface area contributed by atoms with Crippen molar-refractivity contribution in [3.05, 3.63) is 12.2 Å². The molecule has 0 aromatic carbocycles. The second kappa shape index (κ2) is 42.6. The first kappa shape index (κ1) is 64.4. The van der Waals surface area contributed by atoms with Gasteiger partial charge in [-0.25, -0.2) is 0 Å². The van der Waals surface area contributed by atoms with E-state index in [4.69, 9.17) is 28.4 Å². The Kier molecular flexibility index (Phi) is 39.1. The van der Waals surface area contributed by atoms with Crippen LogP contribution in [0.15, 0.2) is 12.2 Å². The average molecular weight is 1000 g/mol. The molecule has 2 fully saturated rings. The van der Waals surface area contributed by atoms with E-state index >= 15 is 0 Å². The standard InChI is InChI=1S/C55H102O15/c1-3-5-7-9-11-13-15-16-17-18-19-20-21-22-23-24-25-26-28-29-31-33-35-37-46(57)65-40-43(68-47(58)38-36-34-32-30-27-14-12-10-8-6-4-2)41-66-54-53(64)51(62)49(60)45(70-54)42-67-55-52(63)50(61)48(59)44(39-56)69-55/h29,31,43-45,48-56,59-64H,3-28,30,32-42H2,1-2H3/b31-29+/t43-,44+,45+,48-,49-,50?,51?,52?,53?,54+,55+/m0/s1. The molecule has 15 heteroatoms. The first-order valence-electron chi connectivity index (χ1n) is 28.3. The first-order chi connectivity index (χ1) is 34.0. The molecular formula is C55H102O15. The van der Waals surface area contributed by atoms with Crippen LogP contribution in [0, 0.1) is 0 Å². The molecule has 0 amide bonds. The Morgan fingerprint density at radius 1 is 0.443 bits per heavy atom. The second-order valence-corrected chi connectivity index (χ2v) is 20.1. The Labute approximate surface area is 422 Å². The van der Waals surface area contributed by atoms with Crippen LogP contribution in [0.4, 0.5) is 0 Å². The Hall–Kier alpha value is -1.76. The number of hydrogen-bond donors (Lipinski definition) is 7. The SMILES string of the molecule is CCCCCCCCCCCCCCCCCCCC/C=C/CCCC(=O)OC[C@@H](CO[C@@H]1O[C@H](CO[C@@H]2O[C@H](CO)[C@H](O)C(O)C2O)[C@H](O)C(O)C1O)OC(=O)CCCCCCCCCCCCC. The van der Waals surface area contributed by atoms with Gasteiger partial charge in [-0.05, 0) is 32.1 Å². The smallest absolute Gasteiger partial charge is 0.306 e. The van der Waals surface area contributed by atoms with E-state index in [0.717, 1.165) is 38.5 Å². The molecule has 2 heterocycles. The molecular weight excluding hydrogens is 901 g/mol. The fraction of sp³-hybridized carbons (Fsp3) is 0.927. The molecule has 4 unspecified atom stereocenters. The number of carbonyl (C=O) groups is 2. The number of rotatable bonds is 45. The Balaban J connectivity index is 1.72. The Morgan fingerprint density at radius 2 is 0.829 bits per heavy atom. The maximum absolute atomic E-state index is 13.0. The molecule has 0 saturated carbocycles. The normalized spacial score (nSPS) is 25.4. The molecule has 0 spiro atoms. The fourth-order valence-corrected chi connectivity index (χ4v) is 9.11. The van der Waals surface area contributed by atoms with Crippen LogP contribution < -0.4 is 0 Å². The van der Waals surface area contributed by atoms with E-state index < -0.39 is 92.7 Å². The lowest BCUT2D eigenvalue weighted by atomic mass is 9.98. The van der Waals surface area contributed by atoms with Gasteiger partial charge in [0.15, 0.2) is 18.7 Å². The number of unbranched alkanes of at least 4 members (excludes halogenated alkanes) is 29. The summed E-state index contributed by atoms with van der Waals surface area (Å²) in [6, 6.07) is 0. The van der Waals surface area contributed by atoms with E-state index in [1.807, 2.05) is 0 Å². The quantitative estimate of drug-likeness (QED) is 0.0172. The molecule has 70 heavy (non-hydrogen) atoms.